The number of hydrogen-bond acceptors (Lipinski definition) is 8. The second-order valence-electron chi connectivity index (χ2n) is 11.6. The standard InChI is InChI=1S/C40H46O8/c1-29(2)38(42)46-27-11-6-5-9-13-30(3)32-14-18-36(19-15-32)40(44)48-37-24-22-34(23-25-37)33-16-20-35(21-17-33)39(43)47-28-12-8-7-10-26-45-31(4)41/h14-25H,1,3,5-13,26-28H2,2,4H3. The number of unbranched alkanes of at least 4 members (excludes halogenated alkanes) is 6. The molecule has 0 unspecified atom stereocenters. The molecule has 8 nitrogen and oxygen atoms in total. The smallest absolute Gasteiger partial charge is 0.343 e. The summed E-state index contributed by atoms with van der Waals surface area (Å²) in [5.41, 5.74) is 5.15. The van der Waals surface area contributed by atoms with Gasteiger partial charge in [0.15, 0.2) is 0 Å². The molecule has 0 bridgehead atoms. The Morgan fingerprint density at radius 3 is 1.54 bits per heavy atom. The SMILES string of the molecule is C=C(C)C(=O)OCCCCCCC(=C)c1ccc(C(=O)Oc2ccc(-c3ccc(C(=O)OCCCCCCOC(C)=O)cc3)cc2)cc1. The molecule has 254 valence electrons. The second-order valence-corrected chi connectivity index (χ2v) is 11.6. The van der Waals surface area contributed by atoms with Crippen LogP contribution in [-0.4, -0.2) is 43.7 Å². The summed E-state index contributed by atoms with van der Waals surface area (Å²) in [7, 11) is 0. The molecule has 0 N–H and O–H groups in total. The first kappa shape index (κ1) is 37.5. The van der Waals surface area contributed by atoms with Gasteiger partial charge in [0.25, 0.3) is 0 Å². The molecular formula is C40H46O8. The number of rotatable bonds is 20. The van der Waals surface area contributed by atoms with E-state index < -0.39 is 5.97 Å². The van der Waals surface area contributed by atoms with E-state index in [4.69, 9.17) is 18.9 Å². The number of benzene rings is 3. The Hall–Kier alpha value is -4.98. The number of carbonyl (C=O) groups is 4. The Labute approximate surface area is 283 Å². The predicted octanol–water partition coefficient (Wildman–Crippen LogP) is 8.94. The van der Waals surface area contributed by atoms with Crippen LogP contribution < -0.4 is 4.74 Å². The third-order valence-corrected chi connectivity index (χ3v) is 7.58. The van der Waals surface area contributed by atoms with Gasteiger partial charge in [-0.25, -0.2) is 14.4 Å². The van der Waals surface area contributed by atoms with Gasteiger partial charge < -0.3 is 18.9 Å². The molecule has 0 fully saturated rings. The van der Waals surface area contributed by atoms with Crippen LogP contribution in [0.1, 0.15) is 97.9 Å². The maximum absolute atomic E-state index is 12.8. The van der Waals surface area contributed by atoms with Crippen LogP contribution >= 0.6 is 0 Å². The van der Waals surface area contributed by atoms with Gasteiger partial charge in [-0.3, -0.25) is 4.79 Å². The molecule has 0 aliphatic carbocycles. The molecule has 0 aliphatic rings. The van der Waals surface area contributed by atoms with Gasteiger partial charge >= 0.3 is 23.9 Å². The van der Waals surface area contributed by atoms with E-state index in [1.54, 1.807) is 43.3 Å². The monoisotopic (exact) mass is 654 g/mol. The number of esters is 4. The summed E-state index contributed by atoms with van der Waals surface area (Å²) in [4.78, 5) is 47.3. The zero-order chi connectivity index (χ0) is 34.7. The normalized spacial score (nSPS) is 10.5. The van der Waals surface area contributed by atoms with Crippen molar-refractivity contribution in [3.05, 3.63) is 108 Å². The molecule has 0 aliphatic heterocycles. The highest BCUT2D eigenvalue weighted by Gasteiger charge is 2.11. The minimum absolute atomic E-state index is 0.271. The summed E-state index contributed by atoms with van der Waals surface area (Å²) in [6.07, 6.45) is 7.97. The quantitative estimate of drug-likeness (QED) is 0.0391. The fraction of sp³-hybridized carbons (Fsp3) is 0.350. The van der Waals surface area contributed by atoms with Crippen molar-refractivity contribution in [2.24, 2.45) is 0 Å². The van der Waals surface area contributed by atoms with Gasteiger partial charge in [0, 0.05) is 12.5 Å². The molecule has 3 aromatic rings. The third-order valence-electron chi connectivity index (χ3n) is 7.58. The van der Waals surface area contributed by atoms with Crippen LogP contribution in [0.4, 0.5) is 0 Å². The van der Waals surface area contributed by atoms with Crippen molar-refractivity contribution < 1.29 is 38.1 Å². The van der Waals surface area contributed by atoms with Gasteiger partial charge in [-0.1, -0.05) is 62.4 Å². The second kappa shape index (κ2) is 20.3. The number of ether oxygens (including phenoxy) is 4. The Bertz CT molecular complexity index is 1520. The Morgan fingerprint density at radius 1 is 0.521 bits per heavy atom. The molecule has 0 saturated heterocycles. The first-order valence-electron chi connectivity index (χ1n) is 16.5. The van der Waals surface area contributed by atoms with Crippen molar-refractivity contribution >= 4 is 29.5 Å². The van der Waals surface area contributed by atoms with E-state index in [1.165, 1.54) is 6.92 Å². The first-order chi connectivity index (χ1) is 23.1. The van der Waals surface area contributed by atoms with Crippen LogP contribution in [0.5, 0.6) is 5.75 Å². The highest BCUT2D eigenvalue weighted by atomic mass is 16.5. The first-order valence-corrected chi connectivity index (χ1v) is 16.5. The molecule has 0 amide bonds. The van der Waals surface area contributed by atoms with Crippen LogP contribution in [0.15, 0.2) is 91.5 Å². The van der Waals surface area contributed by atoms with E-state index in [2.05, 4.69) is 13.2 Å². The van der Waals surface area contributed by atoms with E-state index in [0.29, 0.717) is 42.3 Å². The lowest BCUT2D eigenvalue weighted by Crippen LogP contribution is -2.08. The number of allylic oxidation sites excluding steroid dienone is 1. The van der Waals surface area contributed by atoms with Gasteiger partial charge in [-0.05, 0) is 111 Å². The molecule has 0 heterocycles. The zero-order valence-corrected chi connectivity index (χ0v) is 28.1. The van der Waals surface area contributed by atoms with Crippen LogP contribution in [0.2, 0.25) is 0 Å². The highest BCUT2D eigenvalue weighted by molar-refractivity contribution is 5.92. The van der Waals surface area contributed by atoms with Gasteiger partial charge in [-0.15, -0.1) is 0 Å². The summed E-state index contributed by atoms with van der Waals surface area (Å²) in [6.45, 7) is 12.0. The lowest BCUT2D eigenvalue weighted by atomic mass is 10.00. The lowest BCUT2D eigenvalue weighted by Gasteiger charge is -2.09. The van der Waals surface area contributed by atoms with E-state index in [9.17, 15) is 19.2 Å². The molecule has 48 heavy (non-hydrogen) atoms. The third kappa shape index (κ3) is 13.4. The molecule has 0 radical (unpaired) electrons. The molecule has 3 rings (SSSR count). The molecule has 3 aromatic carbocycles. The Balaban J connectivity index is 1.37. The average Bonchev–Trinajstić information content (AvgIpc) is 3.09. The predicted molar refractivity (Wildman–Crippen MR) is 187 cm³/mol. The minimum Gasteiger partial charge on any atom is -0.466 e. The van der Waals surface area contributed by atoms with Crippen molar-refractivity contribution in [2.45, 2.75) is 71.6 Å². The molecule has 0 aromatic heterocycles. The topological polar surface area (TPSA) is 105 Å². The van der Waals surface area contributed by atoms with Gasteiger partial charge in [0.1, 0.15) is 5.75 Å². The highest BCUT2D eigenvalue weighted by Crippen LogP contribution is 2.25. The van der Waals surface area contributed by atoms with Crippen LogP contribution in [-0.2, 0) is 23.8 Å². The summed E-state index contributed by atoms with van der Waals surface area (Å²) >= 11 is 0. The van der Waals surface area contributed by atoms with Crippen molar-refractivity contribution in [1.82, 2.24) is 0 Å². The molecule has 0 spiro atoms. The van der Waals surface area contributed by atoms with Crippen LogP contribution in [0.25, 0.3) is 16.7 Å². The largest absolute Gasteiger partial charge is 0.466 e. The molecule has 0 saturated carbocycles. The average molecular weight is 655 g/mol. The van der Waals surface area contributed by atoms with Gasteiger partial charge in [0.05, 0.1) is 30.9 Å². The Kier molecular flexibility index (Phi) is 15.8. The summed E-state index contributed by atoms with van der Waals surface area (Å²) in [6, 6.07) is 21.6. The maximum atomic E-state index is 12.8. The summed E-state index contributed by atoms with van der Waals surface area (Å²) < 4.78 is 21.0. The molecule has 8 heteroatoms. The lowest BCUT2D eigenvalue weighted by molar-refractivity contribution is -0.141. The molecule has 0 atom stereocenters. The van der Waals surface area contributed by atoms with E-state index in [-0.39, 0.29) is 17.9 Å². The van der Waals surface area contributed by atoms with E-state index >= 15 is 0 Å². The van der Waals surface area contributed by atoms with Crippen molar-refractivity contribution in [3.8, 4) is 16.9 Å². The fourth-order valence-electron chi connectivity index (χ4n) is 4.77. The summed E-state index contributed by atoms with van der Waals surface area (Å²) in [5, 5.41) is 0. The number of carbonyl (C=O) groups excluding carboxylic acids is 4. The van der Waals surface area contributed by atoms with Crippen LogP contribution in [0.3, 0.4) is 0 Å². The maximum Gasteiger partial charge on any atom is 0.343 e. The number of hydrogen-bond donors (Lipinski definition) is 0. The fourth-order valence-corrected chi connectivity index (χ4v) is 4.77. The van der Waals surface area contributed by atoms with Crippen molar-refractivity contribution in [1.29, 1.82) is 0 Å². The zero-order valence-electron chi connectivity index (χ0n) is 28.1. The van der Waals surface area contributed by atoms with Gasteiger partial charge in [-0.2, -0.15) is 0 Å². The van der Waals surface area contributed by atoms with Crippen molar-refractivity contribution in [2.75, 3.05) is 19.8 Å². The Morgan fingerprint density at radius 2 is 0.979 bits per heavy atom. The van der Waals surface area contributed by atoms with Crippen LogP contribution in [0, 0.1) is 0 Å². The molecular weight excluding hydrogens is 608 g/mol. The van der Waals surface area contributed by atoms with E-state index in [0.717, 1.165) is 80.1 Å². The minimum atomic E-state index is -0.447. The summed E-state index contributed by atoms with van der Waals surface area (Å²) in [5.74, 6) is -0.999. The van der Waals surface area contributed by atoms with E-state index in [1.807, 2.05) is 36.4 Å². The van der Waals surface area contributed by atoms with Gasteiger partial charge in [0.2, 0.25) is 0 Å². The van der Waals surface area contributed by atoms with Crippen molar-refractivity contribution in [3.63, 3.8) is 0 Å².